The van der Waals surface area contributed by atoms with Crippen molar-refractivity contribution in [2.45, 2.75) is 39.5 Å². The van der Waals surface area contributed by atoms with Crippen LogP contribution in [0.1, 0.15) is 49.9 Å². The molecule has 0 atom stereocenters. The molecule has 1 saturated heterocycles. The minimum Gasteiger partial charge on any atom is -0.371 e. The monoisotopic (exact) mass is 319 g/mol. The molecule has 1 aromatic rings. The molecule has 1 aliphatic heterocycles. The van der Waals surface area contributed by atoms with Gasteiger partial charge in [-0.15, -0.1) is 0 Å². The normalized spacial score (nSPS) is 15.5. The molecule has 0 spiro atoms. The van der Waals surface area contributed by atoms with Crippen LogP contribution in [0.4, 0.5) is 11.4 Å². The van der Waals surface area contributed by atoms with Crippen LogP contribution in [0.2, 0.25) is 0 Å². The SMILES string of the molecule is CCCCNC(=O)c1cc([N+](=O)[O-])ccc1N1CCC(C)CC1. The average Bonchev–Trinajstić information content (AvgIpc) is 2.55. The van der Waals surface area contributed by atoms with E-state index in [0.717, 1.165) is 44.5 Å². The van der Waals surface area contributed by atoms with Crippen molar-refractivity contribution in [3.8, 4) is 0 Å². The fraction of sp³-hybridized carbons (Fsp3) is 0.588. The molecule has 126 valence electrons. The molecule has 0 saturated carbocycles. The number of hydrogen-bond acceptors (Lipinski definition) is 4. The van der Waals surface area contributed by atoms with E-state index >= 15 is 0 Å². The van der Waals surface area contributed by atoms with Crippen molar-refractivity contribution >= 4 is 17.3 Å². The summed E-state index contributed by atoms with van der Waals surface area (Å²) in [5.74, 6) is 0.460. The second-order valence-corrected chi connectivity index (χ2v) is 6.24. The van der Waals surface area contributed by atoms with Crippen molar-refractivity contribution in [3.05, 3.63) is 33.9 Å². The maximum atomic E-state index is 12.5. The van der Waals surface area contributed by atoms with Gasteiger partial charge in [-0.25, -0.2) is 0 Å². The Labute approximate surface area is 137 Å². The number of amides is 1. The van der Waals surface area contributed by atoms with Crippen LogP contribution >= 0.6 is 0 Å². The second-order valence-electron chi connectivity index (χ2n) is 6.24. The molecule has 1 aromatic carbocycles. The van der Waals surface area contributed by atoms with E-state index < -0.39 is 4.92 Å². The topological polar surface area (TPSA) is 75.5 Å². The van der Waals surface area contributed by atoms with Gasteiger partial charge < -0.3 is 10.2 Å². The van der Waals surface area contributed by atoms with Gasteiger partial charge in [0.2, 0.25) is 0 Å². The number of non-ortho nitro benzene ring substituents is 1. The number of carbonyl (C=O) groups is 1. The zero-order valence-electron chi connectivity index (χ0n) is 13.9. The lowest BCUT2D eigenvalue weighted by Gasteiger charge is -2.33. The van der Waals surface area contributed by atoms with Gasteiger partial charge in [0.1, 0.15) is 0 Å². The Morgan fingerprint density at radius 3 is 2.70 bits per heavy atom. The molecule has 0 aliphatic carbocycles. The highest BCUT2D eigenvalue weighted by atomic mass is 16.6. The van der Waals surface area contributed by atoms with E-state index in [4.69, 9.17) is 0 Å². The summed E-state index contributed by atoms with van der Waals surface area (Å²) >= 11 is 0. The third kappa shape index (κ3) is 4.43. The number of nitrogens with zero attached hydrogens (tertiary/aromatic N) is 2. The quantitative estimate of drug-likeness (QED) is 0.495. The Bertz CT molecular complexity index is 566. The summed E-state index contributed by atoms with van der Waals surface area (Å²) in [6.07, 6.45) is 4.05. The summed E-state index contributed by atoms with van der Waals surface area (Å²) in [5.41, 5.74) is 1.17. The van der Waals surface area contributed by atoms with E-state index in [2.05, 4.69) is 24.1 Å². The van der Waals surface area contributed by atoms with Gasteiger partial charge in [0.05, 0.1) is 16.2 Å². The summed E-state index contributed by atoms with van der Waals surface area (Å²) in [7, 11) is 0. The molecule has 1 heterocycles. The van der Waals surface area contributed by atoms with E-state index in [9.17, 15) is 14.9 Å². The van der Waals surface area contributed by atoms with Crippen LogP contribution in [-0.4, -0.2) is 30.5 Å². The largest absolute Gasteiger partial charge is 0.371 e. The number of nitro groups is 1. The zero-order chi connectivity index (χ0) is 16.8. The minimum absolute atomic E-state index is 0.0419. The van der Waals surface area contributed by atoms with E-state index in [1.54, 1.807) is 6.07 Å². The first-order valence-corrected chi connectivity index (χ1v) is 8.34. The number of benzene rings is 1. The van der Waals surface area contributed by atoms with Crippen LogP contribution in [0, 0.1) is 16.0 Å². The lowest BCUT2D eigenvalue weighted by molar-refractivity contribution is -0.384. The summed E-state index contributed by atoms with van der Waals surface area (Å²) in [5, 5.41) is 13.9. The smallest absolute Gasteiger partial charge is 0.270 e. The molecule has 23 heavy (non-hydrogen) atoms. The fourth-order valence-corrected chi connectivity index (χ4v) is 2.82. The Morgan fingerprint density at radius 1 is 1.39 bits per heavy atom. The number of piperidine rings is 1. The molecule has 0 unspecified atom stereocenters. The molecule has 6 nitrogen and oxygen atoms in total. The number of hydrogen-bond donors (Lipinski definition) is 1. The molecular weight excluding hydrogens is 294 g/mol. The average molecular weight is 319 g/mol. The van der Waals surface area contributed by atoms with Crippen molar-refractivity contribution in [1.29, 1.82) is 0 Å². The van der Waals surface area contributed by atoms with E-state index in [-0.39, 0.29) is 11.6 Å². The first-order valence-electron chi connectivity index (χ1n) is 8.34. The highest BCUT2D eigenvalue weighted by molar-refractivity contribution is 6.00. The van der Waals surface area contributed by atoms with Gasteiger partial charge in [0.25, 0.3) is 11.6 Å². The van der Waals surface area contributed by atoms with Crippen molar-refractivity contribution in [2.24, 2.45) is 5.92 Å². The van der Waals surface area contributed by atoms with Crippen LogP contribution in [0.25, 0.3) is 0 Å². The molecule has 6 heteroatoms. The Hall–Kier alpha value is -2.11. The van der Waals surface area contributed by atoms with Gasteiger partial charge in [-0.05, 0) is 31.2 Å². The molecular formula is C17H25N3O3. The predicted octanol–water partition coefficient (Wildman–Crippen LogP) is 3.36. The number of unbranched alkanes of at least 4 members (excludes halogenated alkanes) is 1. The summed E-state index contributed by atoms with van der Waals surface area (Å²) < 4.78 is 0. The van der Waals surface area contributed by atoms with E-state index in [1.807, 2.05) is 0 Å². The zero-order valence-corrected chi connectivity index (χ0v) is 13.9. The number of nitrogens with one attached hydrogen (secondary N) is 1. The van der Waals surface area contributed by atoms with Crippen LogP contribution in [0.3, 0.4) is 0 Å². The maximum Gasteiger partial charge on any atom is 0.270 e. The summed E-state index contributed by atoms with van der Waals surface area (Å²) in [6, 6.07) is 4.59. The van der Waals surface area contributed by atoms with Gasteiger partial charge in [0.15, 0.2) is 0 Å². The molecule has 1 N–H and O–H groups in total. The van der Waals surface area contributed by atoms with Crippen molar-refractivity contribution in [3.63, 3.8) is 0 Å². The first-order chi connectivity index (χ1) is 11.0. The predicted molar refractivity (Wildman–Crippen MR) is 90.9 cm³/mol. The van der Waals surface area contributed by atoms with Gasteiger partial charge in [0, 0.05) is 31.8 Å². The van der Waals surface area contributed by atoms with Gasteiger partial charge >= 0.3 is 0 Å². The van der Waals surface area contributed by atoms with E-state index in [1.165, 1.54) is 12.1 Å². The van der Waals surface area contributed by atoms with Gasteiger partial charge in [-0.1, -0.05) is 20.3 Å². The Morgan fingerprint density at radius 2 is 2.09 bits per heavy atom. The number of rotatable bonds is 6. The number of nitro benzene ring substituents is 1. The first kappa shape index (κ1) is 17.2. The Kier molecular flexibility index (Phi) is 5.96. The molecule has 0 aromatic heterocycles. The number of carbonyl (C=O) groups excluding carboxylic acids is 1. The molecule has 0 bridgehead atoms. The lowest BCUT2D eigenvalue weighted by Crippen LogP contribution is -2.35. The summed E-state index contributed by atoms with van der Waals surface area (Å²) in [6.45, 7) is 6.64. The Balaban J connectivity index is 2.25. The fourth-order valence-electron chi connectivity index (χ4n) is 2.82. The van der Waals surface area contributed by atoms with Gasteiger partial charge in [-0.2, -0.15) is 0 Å². The van der Waals surface area contributed by atoms with Crippen LogP contribution in [0.5, 0.6) is 0 Å². The van der Waals surface area contributed by atoms with Crippen molar-refractivity contribution in [2.75, 3.05) is 24.5 Å². The molecule has 2 rings (SSSR count). The van der Waals surface area contributed by atoms with Crippen molar-refractivity contribution < 1.29 is 9.72 Å². The number of anilines is 1. The van der Waals surface area contributed by atoms with Crippen LogP contribution in [0.15, 0.2) is 18.2 Å². The molecule has 1 fully saturated rings. The van der Waals surface area contributed by atoms with E-state index in [0.29, 0.717) is 18.0 Å². The standard InChI is InChI=1S/C17H25N3O3/c1-3-4-9-18-17(21)15-12-14(20(22)23)5-6-16(15)19-10-7-13(2)8-11-19/h5-6,12-13H,3-4,7-11H2,1-2H3,(H,18,21). The summed E-state index contributed by atoms with van der Waals surface area (Å²) in [4.78, 5) is 25.2. The van der Waals surface area contributed by atoms with Gasteiger partial charge in [-0.3, -0.25) is 14.9 Å². The lowest BCUT2D eigenvalue weighted by atomic mass is 9.98. The molecule has 1 aliphatic rings. The highest BCUT2D eigenvalue weighted by Gasteiger charge is 2.23. The van der Waals surface area contributed by atoms with Crippen molar-refractivity contribution in [1.82, 2.24) is 5.32 Å². The third-order valence-electron chi connectivity index (χ3n) is 4.38. The maximum absolute atomic E-state index is 12.5. The molecule has 1 amide bonds. The highest BCUT2D eigenvalue weighted by Crippen LogP contribution is 2.29. The third-order valence-corrected chi connectivity index (χ3v) is 4.38. The van der Waals surface area contributed by atoms with Crippen LogP contribution < -0.4 is 10.2 Å². The molecule has 0 radical (unpaired) electrons. The minimum atomic E-state index is -0.453. The van der Waals surface area contributed by atoms with Crippen LogP contribution in [-0.2, 0) is 0 Å². The second kappa shape index (κ2) is 7.94.